The Kier molecular flexibility index (Phi) is 7.20. The zero-order valence-electron chi connectivity index (χ0n) is 13.3. The second-order valence-corrected chi connectivity index (χ2v) is 5.84. The monoisotopic (exact) mass is 310 g/mol. The first-order valence-electron chi connectivity index (χ1n) is 7.70. The van der Waals surface area contributed by atoms with Crippen LogP contribution >= 0.6 is 12.4 Å². The van der Waals surface area contributed by atoms with Crippen molar-refractivity contribution in [2.24, 2.45) is 0 Å². The number of amides is 1. The van der Waals surface area contributed by atoms with Crippen molar-refractivity contribution in [3.63, 3.8) is 0 Å². The molecule has 2 rings (SSSR count). The van der Waals surface area contributed by atoms with Gasteiger partial charge in [0.05, 0.1) is 0 Å². The molecule has 118 valence electrons. The van der Waals surface area contributed by atoms with Gasteiger partial charge in [0, 0.05) is 32.1 Å². The molecule has 1 aliphatic rings. The molecular weight excluding hydrogens is 284 g/mol. The molecule has 1 aromatic carbocycles. The van der Waals surface area contributed by atoms with Crippen LogP contribution in [0.25, 0.3) is 0 Å². The third-order valence-corrected chi connectivity index (χ3v) is 4.26. The molecule has 1 aliphatic heterocycles. The van der Waals surface area contributed by atoms with E-state index in [-0.39, 0.29) is 24.2 Å². The first-order chi connectivity index (χ1) is 9.61. The minimum absolute atomic E-state index is 0. The molecule has 1 N–H and O–H groups in total. The quantitative estimate of drug-likeness (QED) is 0.927. The fourth-order valence-corrected chi connectivity index (χ4v) is 2.79. The highest BCUT2D eigenvalue weighted by molar-refractivity contribution is 5.85. The number of aryl methyl sites for hydroxylation is 1. The standard InChI is InChI=1S/C17H26N2O.ClH/c1-4-15-5-7-16(8-6-15)13(2)11-17(20)19-10-9-18-12-14(19)3;/h5-8,13-14,18H,4,9-12H2,1-3H3;1H/t13?,14-;/m1./s1. The van der Waals surface area contributed by atoms with Gasteiger partial charge >= 0.3 is 0 Å². The minimum atomic E-state index is 0. The fraction of sp³-hybridized carbons (Fsp3) is 0.588. The van der Waals surface area contributed by atoms with Gasteiger partial charge in [-0.3, -0.25) is 4.79 Å². The van der Waals surface area contributed by atoms with Gasteiger partial charge in [-0.05, 0) is 30.4 Å². The topological polar surface area (TPSA) is 32.3 Å². The Morgan fingerprint density at radius 1 is 1.38 bits per heavy atom. The normalized spacial score (nSPS) is 19.8. The van der Waals surface area contributed by atoms with Gasteiger partial charge in [0.2, 0.25) is 5.91 Å². The van der Waals surface area contributed by atoms with Crippen molar-refractivity contribution in [1.29, 1.82) is 0 Å². The van der Waals surface area contributed by atoms with Gasteiger partial charge in [-0.2, -0.15) is 0 Å². The van der Waals surface area contributed by atoms with Crippen LogP contribution in [-0.4, -0.2) is 36.5 Å². The lowest BCUT2D eigenvalue weighted by Crippen LogP contribution is -2.52. The Labute approximate surface area is 134 Å². The molecule has 0 saturated carbocycles. The molecule has 1 saturated heterocycles. The number of halogens is 1. The van der Waals surface area contributed by atoms with Crippen LogP contribution < -0.4 is 5.32 Å². The largest absolute Gasteiger partial charge is 0.337 e. The van der Waals surface area contributed by atoms with E-state index < -0.39 is 0 Å². The Hall–Kier alpha value is -1.06. The average molecular weight is 311 g/mol. The van der Waals surface area contributed by atoms with Gasteiger partial charge in [0.1, 0.15) is 0 Å². The molecule has 2 atom stereocenters. The Morgan fingerprint density at radius 2 is 2.05 bits per heavy atom. The van der Waals surface area contributed by atoms with E-state index in [9.17, 15) is 4.79 Å². The Balaban J connectivity index is 0.00000220. The second-order valence-electron chi connectivity index (χ2n) is 5.84. The molecule has 0 aromatic heterocycles. The van der Waals surface area contributed by atoms with Crippen LogP contribution in [0.3, 0.4) is 0 Å². The number of carbonyl (C=O) groups is 1. The van der Waals surface area contributed by atoms with Crippen molar-refractivity contribution in [2.75, 3.05) is 19.6 Å². The number of hydrogen-bond acceptors (Lipinski definition) is 2. The molecule has 0 bridgehead atoms. The van der Waals surface area contributed by atoms with Crippen LogP contribution in [0.2, 0.25) is 0 Å². The molecule has 1 unspecified atom stereocenters. The lowest BCUT2D eigenvalue weighted by Gasteiger charge is -2.34. The number of carbonyl (C=O) groups excluding carboxylic acids is 1. The maximum atomic E-state index is 12.4. The minimum Gasteiger partial charge on any atom is -0.337 e. The number of rotatable bonds is 4. The Bertz CT molecular complexity index is 447. The highest BCUT2D eigenvalue weighted by Gasteiger charge is 2.24. The predicted molar refractivity (Wildman–Crippen MR) is 90.1 cm³/mol. The van der Waals surface area contributed by atoms with Crippen LogP contribution in [0.4, 0.5) is 0 Å². The maximum absolute atomic E-state index is 12.4. The zero-order chi connectivity index (χ0) is 14.5. The van der Waals surface area contributed by atoms with Crippen molar-refractivity contribution < 1.29 is 4.79 Å². The highest BCUT2D eigenvalue weighted by atomic mass is 35.5. The molecular formula is C17H27ClN2O. The summed E-state index contributed by atoms with van der Waals surface area (Å²) in [6, 6.07) is 8.98. The molecule has 0 spiro atoms. The van der Waals surface area contributed by atoms with Gasteiger partial charge < -0.3 is 10.2 Å². The van der Waals surface area contributed by atoms with E-state index in [2.05, 4.69) is 50.4 Å². The van der Waals surface area contributed by atoms with Crippen LogP contribution in [-0.2, 0) is 11.2 Å². The van der Waals surface area contributed by atoms with E-state index in [1.54, 1.807) is 0 Å². The molecule has 0 aliphatic carbocycles. The van der Waals surface area contributed by atoms with Crippen LogP contribution in [0, 0.1) is 0 Å². The van der Waals surface area contributed by atoms with E-state index in [1.165, 1.54) is 11.1 Å². The van der Waals surface area contributed by atoms with Crippen molar-refractivity contribution in [1.82, 2.24) is 10.2 Å². The number of benzene rings is 1. The number of nitrogens with one attached hydrogen (secondary N) is 1. The van der Waals surface area contributed by atoms with Gasteiger partial charge in [-0.25, -0.2) is 0 Å². The van der Waals surface area contributed by atoms with E-state index in [1.807, 2.05) is 4.90 Å². The summed E-state index contributed by atoms with van der Waals surface area (Å²) in [5, 5.41) is 3.32. The number of piperazine rings is 1. The summed E-state index contributed by atoms with van der Waals surface area (Å²) in [6.07, 6.45) is 1.67. The van der Waals surface area contributed by atoms with Gasteiger partial charge in [-0.15, -0.1) is 12.4 Å². The van der Waals surface area contributed by atoms with Crippen molar-refractivity contribution in [3.05, 3.63) is 35.4 Å². The lowest BCUT2D eigenvalue weighted by atomic mass is 9.95. The average Bonchev–Trinajstić information content (AvgIpc) is 2.47. The summed E-state index contributed by atoms with van der Waals surface area (Å²) in [5.41, 5.74) is 2.61. The first kappa shape index (κ1) is 18.0. The SMILES string of the molecule is CCc1ccc(C(C)CC(=O)N2CCNC[C@H]2C)cc1.Cl. The Morgan fingerprint density at radius 3 is 2.62 bits per heavy atom. The molecule has 1 aromatic rings. The maximum Gasteiger partial charge on any atom is 0.223 e. The van der Waals surface area contributed by atoms with Crippen molar-refractivity contribution in [2.45, 2.75) is 45.6 Å². The molecule has 1 amide bonds. The first-order valence-corrected chi connectivity index (χ1v) is 7.70. The third-order valence-electron chi connectivity index (χ3n) is 4.26. The number of nitrogens with zero attached hydrogens (tertiary/aromatic N) is 1. The highest BCUT2D eigenvalue weighted by Crippen LogP contribution is 2.21. The van der Waals surface area contributed by atoms with E-state index in [0.29, 0.717) is 12.5 Å². The van der Waals surface area contributed by atoms with Gasteiger partial charge in [0.25, 0.3) is 0 Å². The summed E-state index contributed by atoms with van der Waals surface area (Å²) in [5.74, 6) is 0.571. The van der Waals surface area contributed by atoms with Gasteiger partial charge in [0.15, 0.2) is 0 Å². The molecule has 4 heteroatoms. The summed E-state index contributed by atoms with van der Waals surface area (Å²) >= 11 is 0. The molecule has 0 radical (unpaired) electrons. The number of hydrogen-bond donors (Lipinski definition) is 1. The predicted octanol–water partition coefficient (Wildman–Crippen LogP) is 2.98. The van der Waals surface area contributed by atoms with E-state index in [4.69, 9.17) is 0 Å². The van der Waals surface area contributed by atoms with E-state index >= 15 is 0 Å². The van der Waals surface area contributed by atoms with Crippen LogP contribution in [0.1, 0.15) is 44.2 Å². The third kappa shape index (κ3) is 4.72. The van der Waals surface area contributed by atoms with Crippen LogP contribution in [0.15, 0.2) is 24.3 Å². The molecule has 3 nitrogen and oxygen atoms in total. The van der Waals surface area contributed by atoms with Crippen LogP contribution in [0.5, 0.6) is 0 Å². The van der Waals surface area contributed by atoms with Crippen molar-refractivity contribution >= 4 is 18.3 Å². The summed E-state index contributed by atoms with van der Waals surface area (Å²) in [7, 11) is 0. The van der Waals surface area contributed by atoms with Gasteiger partial charge in [-0.1, -0.05) is 38.1 Å². The molecule has 1 fully saturated rings. The fourth-order valence-electron chi connectivity index (χ4n) is 2.79. The summed E-state index contributed by atoms with van der Waals surface area (Å²) < 4.78 is 0. The van der Waals surface area contributed by atoms with E-state index in [0.717, 1.165) is 26.1 Å². The molecule has 1 heterocycles. The van der Waals surface area contributed by atoms with Crippen molar-refractivity contribution in [3.8, 4) is 0 Å². The summed E-state index contributed by atoms with van der Waals surface area (Å²) in [6.45, 7) is 9.08. The second kappa shape index (κ2) is 8.40. The lowest BCUT2D eigenvalue weighted by molar-refractivity contribution is -0.134. The molecule has 21 heavy (non-hydrogen) atoms. The zero-order valence-corrected chi connectivity index (χ0v) is 14.1. The summed E-state index contributed by atoms with van der Waals surface area (Å²) in [4.78, 5) is 14.4. The smallest absolute Gasteiger partial charge is 0.223 e.